The van der Waals surface area contributed by atoms with Crippen molar-refractivity contribution >= 4 is 0 Å². The topological polar surface area (TPSA) is 70.6 Å². The Morgan fingerprint density at radius 2 is 2.35 bits per heavy atom. The summed E-state index contributed by atoms with van der Waals surface area (Å²) in [5.74, 6) is 1.62. The van der Waals surface area contributed by atoms with Gasteiger partial charge in [-0.1, -0.05) is 0 Å². The lowest BCUT2D eigenvalue weighted by Crippen LogP contribution is -2.37. The van der Waals surface area contributed by atoms with Crippen molar-refractivity contribution < 1.29 is 9.52 Å². The van der Waals surface area contributed by atoms with Crippen molar-refractivity contribution in [2.75, 3.05) is 26.7 Å². The number of hydrogen-bond acceptors (Lipinski definition) is 6. The first-order valence-electron chi connectivity index (χ1n) is 8.09. The van der Waals surface area contributed by atoms with Gasteiger partial charge in [0, 0.05) is 31.5 Å². The van der Waals surface area contributed by atoms with Crippen molar-refractivity contribution in [1.29, 1.82) is 0 Å². The maximum Gasteiger partial charge on any atom is 0.208 e. The summed E-state index contributed by atoms with van der Waals surface area (Å²) in [7, 11) is 2.11. The number of aryl methyl sites for hydroxylation is 1. The van der Waals surface area contributed by atoms with E-state index in [-0.39, 0.29) is 0 Å². The molecule has 1 aliphatic rings. The van der Waals surface area contributed by atoms with Crippen LogP contribution in [0.2, 0.25) is 0 Å². The molecule has 0 spiro atoms. The van der Waals surface area contributed by atoms with Crippen molar-refractivity contribution in [1.82, 2.24) is 24.6 Å². The van der Waals surface area contributed by atoms with Gasteiger partial charge in [0.25, 0.3) is 0 Å². The Morgan fingerprint density at radius 1 is 1.48 bits per heavy atom. The fraction of sp³-hybridized carbons (Fsp3) is 0.625. The Labute approximate surface area is 136 Å². The number of likely N-dealkylation sites (tertiary alicyclic amines) is 1. The molecule has 0 aromatic carbocycles. The Kier molecular flexibility index (Phi) is 5.09. The van der Waals surface area contributed by atoms with Crippen molar-refractivity contribution in [3.05, 3.63) is 36.3 Å². The van der Waals surface area contributed by atoms with Gasteiger partial charge in [0.2, 0.25) is 5.89 Å². The lowest BCUT2D eigenvalue weighted by atomic mass is 10.2. The first kappa shape index (κ1) is 16.2. The highest BCUT2D eigenvalue weighted by Crippen LogP contribution is 2.17. The van der Waals surface area contributed by atoms with E-state index in [9.17, 15) is 5.11 Å². The van der Waals surface area contributed by atoms with Crippen molar-refractivity contribution in [3.8, 4) is 0 Å². The fourth-order valence-corrected chi connectivity index (χ4v) is 3.13. The molecule has 7 nitrogen and oxygen atoms in total. The minimum Gasteiger partial charge on any atom is -0.445 e. The number of β-amino-alcohol motifs (C(OH)–C–C–N with tert-alkyl or cyclic N) is 1. The second-order valence-corrected chi connectivity index (χ2v) is 6.36. The van der Waals surface area contributed by atoms with E-state index in [1.165, 1.54) is 0 Å². The second-order valence-electron chi connectivity index (χ2n) is 6.36. The molecule has 2 aromatic rings. The fourth-order valence-electron chi connectivity index (χ4n) is 3.13. The highest BCUT2D eigenvalue weighted by molar-refractivity contribution is 4.92. The molecular formula is C16H25N5O2. The summed E-state index contributed by atoms with van der Waals surface area (Å²) >= 11 is 0. The lowest BCUT2D eigenvalue weighted by molar-refractivity contribution is 0.101. The van der Waals surface area contributed by atoms with Crippen LogP contribution < -0.4 is 0 Å². The first-order chi connectivity index (χ1) is 11.1. The van der Waals surface area contributed by atoms with Crippen molar-refractivity contribution in [3.63, 3.8) is 0 Å². The summed E-state index contributed by atoms with van der Waals surface area (Å²) in [6, 6.07) is 2.34. The minimum atomic E-state index is -0.395. The molecule has 0 unspecified atom stereocenters. The largest absolute Gasteiger partial charge is 0.445 e. The summed E-state index contributed by atoms with van der Waals surface area (Å²) in [6.45, 7) is 5.83. The molecule has 2 aromatic heterocycles. The lowest BCUT2D eigenvalue weighted by Gasteiger charge is -2.24. The molecule has 3 heterocycles. The van der Waals surface area contributed by atoms with E-state index >= 15 is 0 Å². The number of oxazole rings is 1. The average Bonchev–Trinajstić information content (AvgIpc) is 3.22. The van der Waals surface area contributed by atoms with Crippen molar-refractivity contribution in [2.24, 2.45) is 0 Å². The van der Waals surface area contributed by atoms with E-state index in [2.05, 4.69) is 26.9 Å². The molecule has 0 bridgehead atoms. The molecule has 126 valence electrons. The van der Waals surface area contributed by atoms with Gasteiger partial charge in [0.1, 0.15) is 5.76 Å². The molecule has 3 rings (SSSR count). The van der Waals surface area contributed by atoms with Gasteiger partial charge in [-0.05, 0) is 33.0 Å². The van der Waals surface area contributed by atoms with E-state index in [0.717, 1.165) is 37.7 Å². The maximum absolute atomic E-state index is 10.2. The predicted molar refractivity (Wildman–Crippen MR) is 85.8 cm³/mol. The second kappa shape index (κ2) is 7.25. The van der Waals surface area contributed by atoms with E-state index < -0.39 is 6.10 Å². The third-order valence-electron chi connectivity index (χ3n) is 4.35. The Hall–Kier alpha value is -1.70. The highest BCUT2D eigenvalue weighted by atomic mass is 16.4. The summed E-state index contributed by atoms with van der Waals surface area (Å²) in [4.78, 5) is 8.86. The SMILES string of the molecule is Cc1cnc(CN(C)[C@@H]2CCN(C[C@H](O)Cn3cccn3)C2)o1. The third kappa shape index (κ3) is 4.40. The Balaban J connectivity index is 1.44. The number of aliphatic hydroxyl groups excluding tert-OH is 1. The van der Waals surface area contributed by atoms with Crippen LogP contribution >= 0.6 is 0 Å². The van der Waals surface area contributed by atoms with E-state index in [1.807, 2.05) is 19.2 Å². The van der Waals surface area contributed by atoms with Gasteiger partial charge >= 0.3 is 0 Å². The number of hydrogen-bond donors (Lipinski definition) is 1. The zero-order valence-corrected chi connectivity index (χ0v) is 13.8. The Bertz CT molecular complexity index is 597. The molecule has 0 radical (unpaired) electrons. The highest BCUT2D eigenvalue weighted by Gasteiger charge is 2.27. The molecule has 7 heteroatoms. The van der Waals surface area contributed by atoms with Gasteiger partial charge in [-0.25, -0.2) is 4.98 Å². The summed E-state index contributed by atoms with van der Waals surface area (Å²) in [5.41, 5.74) is 0. The molecule has 0 saturated carbocycles. The molecule has 1 N–H and O–H groups in total. The molecule has 0 aliphatic carbocycles. The average molecular weight is 319 g/mol. The van der Waals surface area contributed by atoms with Crippen molar-refractivity contribution in [2.45, 2.75) is 38.6 Å². The van der Waals surface area contributed by atoms with Crippen LogP contribution in [0, 0.1) is 6.92 Å². The van der Waals surface area contributed by atoms with Gasteiger partial charge in [0.05, 0.1) is 25.4 Å². The normalized spacial score (nSPS) is 20.4. The quantitative estimate of drug-likeness (QED) is 0.812. The van der Waals surface area contributed by atoms with Gasteiger partial charge in [0.15, 0.2) is 0 Å². The van der Waals surface area contributed by atoms with Crippen LogP contribution in [0.15, 0.2) is 29.1 Å². The Morgan fingerprint density at radius 3 is 3.04 bits per heavy atom. The van der Waals surface area contributed by atoms with Crippen LogP contribution in [0.1, 0.15) is 18.1 Å². The number of nitrogens with zero attached hydrogens (tertiary/aromatic N) is 5. The van der Waals surface area contributed by atoms with Crippen LogP contribution in [0.5, 0.6) is 0 Å². The predicted octanol–water partition coefficient (Wildman–Crippen LogP) is 0.747. The monoisotopic (exact) mass is 319 g/mol. The number of likely N-dealkylation sites (N-methyl/N-ethyl adjacent to an activating group) is 1. The van der Waals surface area contributed by atoms with Crippen LogP contribution in [0.25, 0.3) is 0 Å². The number of aliphatic hydroxyl groups is 1. The maximum atomic E-state index is 10.2. The summed E-state index contributed by atoms with van der Waals surface area (Å²) < 4.78 is 7.32. The standard InChI is InChI=1S/C16H25N5O2/c1-13-8-17-16(23-13)12-19(2)14-4-7-20(9-14)10-15(22)11-21-6-3-5-18-21/h3,5-6,8,14-15,22H,4,7,9-12H2,1-2H3/t14-,15+/m1/s1. The number of rotatable bonds is 7. The third-order valence-corrected chi connectivity index (χ3v) is 4.35. The molecule has 1 fully saturated rings. The summed E-state index contributed by atoms with van der Waals surface area (Å²) in [5, 5.41) is 14.3. The van der Waals surface area contributed by atoms with Crippen LogP contribution in [-0.2, 0) is 13.1 Å². The molecular weight excluding hydrogens is 294 g/mol. The minimum absolute atomic E-state index is 0.395. The van der Waals surface area contributed by atoms with Crippen LogP contribution in [0.3, 0.4) is 0 Å². The molecule has 1 saturated heterocycles. The zero-order chi connectivity index (χ0) is 16.2. The summed E-state index contributed by atoms with van der Waals surface area (Å²) in [6.07, 6.45) is 6.08. The molecule has 0 amide bonds. The van der Waals surface area contributed by atoms with E-state index in [1.54, 1.807) is 17.1 Å². The smallest absolute Gasteiger partial charge is 0.208 e. The molecule has 23 heavy (non-hydrogen) atoms. The zero-order valence-electron chi connectivity index (χ0n) is 13.8. The van der Waals surface area contributed by atoms with Gasteiger partial charge in [-0.15, -0.1) is 0 Å². The van der Waals surface area contributed by atoms with Gasteiger partial charge < -0.3 is 9.52 Å². The van der Waals surface area contributed by atoms with E-state index in [0.29, 0.717) is 19.1 Å². The van der Waals surface area contributed by atoms with Crippen LogP contribution in [-0.4, -0.2) is 68.5 Å². The van der Waals surface area contributed by atoms with E-state index in [4.69, 9.17) is 4.42 Å². The first-order valence-corrected chi connectivity index (χ1v) is 8.09. The van der Waals surface area contributed by atoms with Crippen LogP contribution in [0.4, 0.5) is 0 Å². The number of aromatic nitrogens is 3. The molecule has 1 aliphatic heterocycles. The van der Waals surface area contributed by atoms with Gasteiger partial charge in [-0.3, -0.25) is 14.5 Å². The van der Waals surface area contributed by atoms with Gasteiger partial charge in [-0.2, -0.15) is 5.10 Å². The molecule has 2 atom stereocenters.